The molecule has 2 heterocycles. The minimum absolute atomic E-state index is 0.159. The first-order chi connectivity index (χ1) is 17.3. The van der Waals surface area contributed by atoms with E-state index in [1.807, 2.05) is 61.9 Å². The third kappa shape index (κ3) is 4.30. The van der Waals surface area contributed by atoms with Crippen LogP contribution in [0, 0.1) is 13.8 Å². The number of rotatable bonds is 6. The Morgan fingerprint density at radius 1 is 1.00 bits per heavy atom. The number of hydrogen-bond acceptors (Lipinski definition) is 3. The van der Waals surface area contributed by atoms with Crippen LogP contribution < -0.4 is 16.6 Å². The second-order valence-corrected chi connectivity index (χ2v) is 9.83. The van der Waals surface area contributed by atoms with E-state index in [-0.39, 0.29) is 12.5 Å². The van der Waals surface area contributed by atoms with E-state index in [2.05, 4.69) is 11.4 Å². The average Bonchev–Trinajstić information content (AvgIpc) is 3.14. The van der Waals surface area contributed by atoms with Crippen LogP contribution in [0.4, 0.5) is 0 Å². The Kier molecular flexibility index (Phi) is 6.39. The molecule has 0 unspecified atom stereocenters. The Morgan fingerprint density at radius 3 is 2.56 bits per heavy atom. The molecule has 0 saturated carbocycles. The fraction of sp³-hybridized carbons (Fsp3) is 0.345. The third-order valence-corrected chi connectivity index (χ3v) is 7.14. The van der Waals surface area contributed by atoms with Crippen LogP contribution in [0.3, 0.4) is 0 Å². The summed E-state index contributed by atoms with van der Waals surface area (Å²) < 4.78 is 4.46. The Balaban J connectivity index is 1.63. The number of allylic oxidation sites excluding steroid dienone is 1. The van der Waals surface area contributed by atoms with Crippen LogP contribution in [0.2, 0.25) is 0 Å². The van der Waals surface area contributed by atoms with E-state index in [1.165, 1.54) is 27.5 Å². The molecule has 186 valence electrons. The number of carbonyl (C=O) groups excluding carboxylic acids is 1. The highest BCUT2D eigenvalue weighted by molar-refractivity contribution is 6.06. The normalized spacial score (nSPS) is 13.8. The SMILES string of the molecule is Cc1cccc(-n2c(=O)c3c(c4cc(C)ccc4n3C)n(CC(=O)NCCC3=CCCCC3)c2=O)c1. The molecule has 0 saturated heterocycles. The minimum Gasteiger partial charge on any atom is -0.354 e. The molecule has 5 rings (SSSR count). The van der Waals surface area contributed by atoms with Gasteiger partial charge in [0.15, 0.2) is 0 Å². The van der Waals surface area contributed by atoms with Gasteiger partial charge in [-0.15, -0.1) is 0 Å². The lowest BCUT2D eigenvalue weighted by atomic mass is 9.97. The predicted molar refractivity (Wildman–Crippen MR) is 144 cm³/mol. The standard InChI is InChI=1S/C29H32N4O3/c1-19-8-7-11-22(16-19)33-28(35)27-26(23-17-20(2)12-13-24(23)31(27)3)32(29(33)36)18-25(34)30-15-14-21-9-5-4-6-10-21/h7-9,11-13,16-17H,4-6,10,14-15,18H2,1-3H3,(H,30,34). The molecule has 0 radical (unpaired) electrons. The Bertz CT molecular complexity index is 1630. The molecule has 1 aliphatic rings. The molecule has 4 aromatic rings. The van der Waals surface area contributed by atoms with Crippen LogP contribution in [-0.4, -0.2) is 26.2 Å². The lowest BCUT2D eigenvalue weighted by molar-refractivity contribution is -0.121. The van der Waals surface area contributed by atoms with Gasteiger partial charge >= 0.3 is 5.69 Å². The molecule has 7 heteroatoms. The van der Waals surface area contributed by atoms with Crippen LogP contribution in [0.15, 0.2) is 63.7 Å². The predicted octanol–water partition coefficient (Wildman–Crippen LogP) is 4.27. The zero-order valence-corrected chi connectivity index (χ0v) is 21.1. The summed E-state index contributed by atoms with van der Waals surface area (Å²) in [6.45, 7) is 4.27. The summed E-state index contributed by atoms with van der Waals surface area (Å²) in [4.78, 5) is 40.6. The molecular weight excluding hydrogens is 452 g/mol. The van der Waals surface area contributed by atoms with Gasteiger partial charge in [0.25, 0.3) is 5.56 Å². The van der Waals surface area contributed by atoms with Crippen molar-refractivity contribution in [1.29, 1.82) is 0 Å². The maximum atomic E-state index is 13.8. The number of carbonyl (C=O) groups is 1. The van der Waals surface area contributed by atoms with E-state index in [4.69, 9.17) is 0 Å². The van der Waals surface area contributed by atoms with Gasteiger partial charge in [-0.1, -0.05) is 35.4 Å². The van der Waals surface area contributed by atoms with E-state index < -0.39 is 11.2 Å². The van der Waals surface area contributed by atoms with E-state index >= 15 is 0 Å². The number of nitrogens with one attached hydrogen (secondary N) is 1. The van der Waals surface area contributed by atoms with E-state index in [0.29, 0.717) is 23.3 Å². The molecule has 0 aliphatic heterocycles. The van der Waals surface area contributed by atoms with Gasteiger partial charge in [0.1, 0.15) is 12.1 Å². The summed E-state index contributed by atoms with van der Waals surface area (Å²) in [5.41, 5.74) is 4.67. The molecule has 7 nitrogen and oxygen atoms in total. The molecule has 1 aliphatic carbocycles. The van der Waals surface area contributed by atoms with Crippen LogP contribution in [0.25, 0.3) is 27.6 Å². The average molecular weight is 485 g/mol. The summed E-state index contributed by atoms with van der Waals surface area (Å²) in [7, 11) is 1.83. The van der Waals surface area contributed by atoms with Crippen LogP contribution in [-0.2, 0) is 18.4 Å². The molecule has 1 N–H and O–H groups in total. The van der Waals surface area contributed by atoms with Gasteiger partial charge in [0.2, 0.25) is 5.91 Å². The molecule has 0 bridgehead atoms. The van der Waals surface area contributed by atoms with Crippen molar-refractivity contribution in [2.45, 2.75) is 52.5 Å². The number of benzene rings is 2. The molecule has 2 aromatic heterocycles. The third-order valence-electron chi connectivity index (χ3n) is 7.14. The molecule has 1 amide bonds. The van der Waals surface area contributed by atoms with Crippen molar-refractivity contribution < 1.29 is 4.79 Å². The van der Waals surface area contributed by atoms with E-state index in [1.54, 1.807) is 6.07 Å². The summed E-state index contributed by atoms with van der Waals surface area (Å²) in [6.07, 6.45) is 7.74. The Morgan fingerprint density at radius 2 is 1.81 bits per heavy atom. The highest BCUT2D eigenvalue weighted by atomic mass is 16.2. The highest BCUT2D eigenvalue weighted by Gasteiger charge is 2.22. The maximum Gasteiger partial charge on any atom is 0.336 e. The fourth-order valence-corrected chi connectivity index (χ4v) is 5.30. The number of aromatic nitrogens is 3. The fourth-order valence-electron chi connectivity index (χ4n) is 5.30. The number of amides is 1. The highest BCUT2D eigenvalue weighted by Crippen LogP contribution is 2.27. The zero-order valence-electron chi connectivity index (χ0n) is 21.1. The number of aryl methyl sites for hydroxylation is 3. The van der Waals surface area contributed by atoms with Crippen molar-refractivity contribution in [1.82, 2.24) is 19.0 Å². The van der Waals surface area contributed by atoms with Gasteiger partial charge in [0, 0.05) is 19.0 Å². The van der Waals surface area contributed by atoms with E-state index in [0.717, 1.165) is 41.3 Å². The van der Waals surface area contributed by atoms with Crippen molar-refractivity contribution in [2.75, 3.05) is 6.54 Å². The first-order valence-electron chi connectivity index (χ1n) is 12.6. The van der Waals surface area contributed by atoms with Crippen molar-refractivity contribution >= 4 is 27.8 Å². The van der Waals surface area contributed by atoms with Crippen molar-refractivity contribution in [3.05, 3.63) is 86.1 Å². The van der Waals surface area contributed by atoms with Gasteiger partial charge in [0.05, 0.1) is 16.7 Å². The second-order valence-electron chi connectivity index (χ2n) is 9.83. The number of nitrogens with zero attached hydrogens (tertiary/aromatic N) is 3. The monoisotopic (exact) mass is 484 g/mol. The molecular formula is C29H32N4O3. The quantitative estimate of drug-likeness (QED) is 0.415. The first-order valence-corrected chi connectivity index (χ1v) is 12.6. The Labute approximate surface area is 209 Å². The summed E-state index contributed by atoms with van der Waals surface area (Å²) >= 11 is 0. The summed E-state index contributed by atoms with van der Waals surface area (Å²) in [5, 5.41) is 3.78. The smallest absolute Gasteiger partial charge is 0.336 e. The maximum absolute atomic E-state index is 13.8. The van der Waals surface area contributed by atoms with Crippen molar-refractivity contribution in [3.63, 3.8) is 0 Å². The van der Waals surface area contributed by atoms with Crippen molar-refractivity contribution in [3.8, 4) is 5.69 Å². The molecule has 0 fully saturated rings. The van der Waals surface area contributed by atoms with E-state index in [9.17, 15) is 14.4 Å². The summed E-state index contributed by atoms with van der Waals surface area (Å²) in [5.74, 6) is -0.242. The lowest BCUT2D eigenvalue weighted by Gasteiger charge is -2.15. The second kappa shape index (κ2) is 9.64. The zero-order chi connectivity index (χ0) is 25.4. The molecule has 36 heavy (non-hydrogen) atoms. The molecule has 0 spiro atoms. The van der Waals surface area contributed by atoms with Gasteiger partial charge in [-0.25, -0.2) is 9.36 Å². The van der Waals surface area contributed by atoms with Crippen LogP contribution >= 0.6 is 0 Å². The van der Waals surface area contributed by atoms with Gasteiger partial charge in [-0.2, -0.15) is 0 Å². The number of hydrogen-bond donors (Lipinski definition) is 1. The van der Waals surface area contributed by atoms with Gasteiger partial charge in [-0.05, 0) is 75.8 Å². The summed E-state index contributed by atoms with van der Waals surface area (Å²) in [6, 6.07) is 13.2. The molecule has 0 atom stereocenters. The largest absolute Gasteiger partial charge is 0.354 e. The topological polar surface area (TPSA) is 78.0 Å². The lowest BCUT2D eigenvalue weighted by Crippen LogP contribution is -2.42. The minimum atomic E-state index is -0.516. The van der Waals surface area contributed by atoms with Gasteiger partial charge in [-0.3, -0.25) is 14.2 Å². The van der Waals surface area contributed by atoms with Gasteiger partial charge < -0.3 is 9.88 Å². The first kappa shape index (κ1) is 23.9. The molecule has 2 aromatic carbocycles. The Hall–Kier alpha value is -3.87. The van der Waals surface area contributed by atoms with Crippen LogP contribution in [0.1, 0.15) is 43.2 Å². The number of fused-ring (bicyclic) bond motifs is 3. The van der Waals surface area contributed by atoms with Crippen molar-refractivity contribution in [2.24, 2.45) is 7.05 Å². The van der Waals surface area contributed by atoms with Crippen LogP contribution in [0.5, 0.6) is 0 Å².